The number of carboxylic acid groups (broad SMARTS) is 1. The first-order valence-electron chi connectivity index (χ1n) is 14.8. The molecule has 4 unspecified atom stereocenters. The van der Waals surface area contributed by atoms with Gasteiger partial charge in [-0.05, 0) is 40.3 Å². The number of halogens is 2. The summed E-state index contributed by atoms with van der Waals surface area (Å²) in [5, 5.41) is 21.7. The maximum atomic E-state index is 12.1. The third-order valence-corrected chi connectivity index (χ3v) is 8.73. The molecule has 45 heavy (non-hydrogen) atoms. The van der Waals surface area contributed by atoms with Crippen molar-refractivity contribution in [1.82, 2.24) is 14.9 Å². The van der Waals surface area contributed by atoms with E-state index in [1.165, 1.54) is 0 Å². The van der Waals surface area contributed by atoms with E-state index >= 15 is 0 Å². The number of ether oxygens (including phenoxy) is 2. The fourth-order valence-electron chi connectivity index (χ4n) is 5.37. The monoisotopic (exact) mass is 651 g/mol. The van der Waals surface area contributed by atoms with Gasteiger partial charge in [0.1, 0.15) is 5.15 Å². The molecule has 0 saturated carbocycles. The Kier molecular flexibility index (Phi) is 10.9. The number of nitrogens with one attached hydrogen (secondary N) is 1. The predicted molar refractivity (Wildman–Crippen MR) is 170 cm³/mol. The summed E-state index contributed by atoms with van der Waals surface area (Å²) in [7, 11) is 0. The van der Waals surface area contributed by atoms with Crippen LogP contribution in [-0.2, 0) is 38.8 Å². The first-order chi connectivity index (χ1) is 21.7. The number of amides is 1. The highest BCUT2D eigenvalue weighted by Gasteiger charge is 2.38. The Hall–Kier alpha value is -3.73. The van der Waals surface area contributed by atoms with E-state index in [2.05, 4.69) is 17.2 Å². The number of hydrogen-bond acceptors (Lipinski definition) is 6. The van der Waals surface area contributed by atoms with Crippen LogP contribution in [0.3, 0.4) is 0 Å². The smallest absolute Gasteiger partial charge is 0.303 e. The van der Waals surface area contributed by atoms with Crippen LogP contribution in [0.2, 0.25) is 10.3 Å². The molecule has 0 radical (unpaired) electrons. The van der Waals surface area contributed by atoms with Gasteiger partial charge in [-0.2, -0.15) is 0 Å². The van der Waals surface area contributed by atoms with Gasteiger partial charge in [-0.1, -0.05) is 96.9 Å². The van der Waals surface area contributed by atoms with E-state index in [4.69, 9.17) is 37.8 Å². The zero-order chi connectivity index (χ0) is 31.9. The molecule has 11 heteroatoms. The minimum absolute atomic E-state index is 0.0261. The number of aliphatic hydroxyl groups is 1. The van der Waals surface area contributed by atoms with Crippen LogP contribution < -0.4 is 5.32 Å². The summed E-state index contributed by atoms with van der Waals surface area (Å²) >= 11 is 12.5. The van der Waals surface area contributed by atoms with E-state index < -0.39 is 12.3 Å². The molecule has 1 aliphatic rings. The van der Waals surface area contributed by atoms with Gasteiger partial charge in [0, 0.05) is 30.9 Å². The average molecular weight is 653 g/mol. The zero-order valence-electron chi connectivity index (χ0n) is 24.7. The molecule has 0 aliphatic carbocycles. The maximum Gasteiger partial charge on any atom is 0.303 e. The van der Waals surface area contributed by atoms with Crippen molar-refractivity contribution in [2.75, 3.05) is 0 Å². The lowest BCUT2D eigenvalue weighted by molar-refractivity contribution is -0.276. The second kappa shape index (κ2) is 15.0. The molecule has 4 atom stereocenters. The highest BCUT2D eigenvalue weighted by molar-refractivity contribution is 6.40. The molecule has 3 aromatic carbocycles. The number of carbonyl (C=O) groups is 2. The average Bonchev–Trinajstić information content (AvgIpc) is 3.37. The first-order valence-corrected chi connectivity index (χ1v) is 15.5. The van der Waals surface area contributed by atoms with Crippen molar-refractivity contribution in [2.24, 2.45) is 5.92 Å². The fourth-order valence-corrected chi connectivity index (χ4v) is 5.69. The van der Waals surface area contributed by atoms with Crippen LogP contribution in [0, 0.1) is 5.92 Å². The highest BCUT2D eigenvalue weighted by atomic mass is 35.5. The van der Waals surface area contributed by atoms with E-state index in [0.29, 0.717) is 24.7 Å². The van der Waals surface area contributed by atoms with Gasteiger partial charge in [0.2, 0.25) is 5.91 Å². The van der Waals surface area contributed by atoms with E-state index in [0.717, 1.165) is 33.4 Å². The number of aliphatic hydroxyl groups excluding tert-OH is 1. The van der Waals surface area contributed by atoms with Gasteiger partial charge in [-0.15, -0.1) is 0 Å². The molecule has 9 nitrogen and oxygen atoms in total. The number of hydrogen-bond donors (Lipinski definition) is 3. The van der Waals surface area contributed by atoms with Gasteiger partial charge >= 0.3 is 5.97 Å². The lowest BCUT2D eigenvalue weighted by Gasteiger charge is -2.41. The van der Waals surface area contributed by atoms with Crippen LogP contribution in [0.4, 0.5) is 0 Å². The van der Waals surface area contributed by atoms with Gasteiger partial charge in [-0.25, -0.2) is 4.98 Å². The van der Waals surface area contributed by atoms with Crippen LogP contribution in [0.25, 0.3) is 11.1 Å². The molecule has 0 spiro atoms. The number of benzene rings is 3. The SMILES string of the molecule is CC1C(Cn2cnc(Cl)c2Cl)OC(c2ccc(-c3cccc(CNC(=O)CCCC(=O)O)c3)cc2)OC1c1ccc(CO)cc1. The van der Waals surface area contributed by atoms with Crippen LogP contribution in [0.5, 0.6) is 0 Å². The topological polar surface area (TPSA) is 123 Å². The Bertz CT molecular complexity index is 1610. The van der Waals surface area contributed by atoms with E-state index in [1.807, 2.05) is 72.8 Å². The van der Waals surface area contributed by atoms with Crippen molar-refractivity contribution in [3.63, 3.8) is 0 Å². The molecule has 1 aromatic heterocycles. The lowest BCUT2D eigenvalue weighted by atomic mass is 9.90. The number of rotatable bonds is 12. The number of carbonyl (C=O) groups excluding carboxylic acids is 1. The van der Waals surface area contributed by atoms with Crippen molar-refractivity contribution in [1.29, 1.82) is 0 Å². The van der Waals surface area contributed by atoms with Crippen molar-refractivity contribution >= 4 is 35.1 Å². The second-order valence-electron chi connectivity index (χ2n) is 11.1. The molecule has 1 amide bonds. The third-order valence-electron chi connectivity index (χ3n) is 7.96. The number of aromatic nitrogens is 2. The molecule has 1 fully saturated rings. The predicted octanol–water partition coefficient (Wildman–Crippen LogP) is 6.71. The summed E-state index contributed by atoms with van der Waals surface area (Å²) in [6.45, 7) is 2.83. The van der Waals surface area contributed by atoms with Gasteiger partial charge in [-0.3, -0.25) is 9.59 Å². The van der Waals surface area contributed by atoms with Gasteiger partial charge in [0.15, 0.2) is 11.4 Å². The van der Waals surface area contributed by atoms with Crippen LogP contribution in [0.1, 0.15) is 60.8 Å². The third kappa shape index (κ3) is 8.31. The summed E-state index contributed by atoms with van der Waals surface area (Å²) < 4.78 is 14.9. The number of imidazole rings is 1. The molecule has 1 aliphatic heterocycles. The van der Waals surface area contributed by atoms with Crippen LogP contribution in [-0.4, -0.2) is 37.7 Å². The van der Waals surface area contributed by atoms with Crippen LogP contribution in [0.15, 0.2) is 79.1 Å². The zero-order valence-corrected chi connectivity index (χ0v) is 26.2. The summed E-state index contributed by atoms with van der Waals surface area (Å²) in [4.78, 5) is 26.9. The molecule has 1 saturated heterocycles. The molecule has 5 rings (SSSR count). The minimum Gasteiger partial charge on any atom is -0.481 e. The minimum atomic E-state index is -0.907. The quantitative estimate of drug-likeness (QED) is 0.156. The highest BCUT2D eigenvalue weighted by Crippen LogP contribution is 2.42. The summed E-state index contributed by atoms with van der Waals surface area (Å²) in [5.74, 6) is -1.12. The van der Waals surface area contributed by atoms with Gasteiger partial charge < -0.3 is 29.6 Å². The molecule has 2 heterocycles. The van der Waals surface area contributed by atoms with Crippen molar-refractivity contribution in [2.45, 2.75) is 64.4 Å². The maximum absolute atomic E-state index is 12.1. The van der Waals surface area contributed by atoms with Crippen molar-refractivity contribution in [3.8, 4) is 11.1 Å². The lowest BCUT2D eigenvalue weighted by Crippen LogP contribution is -2.39. The molecule has 236 valence electrons. The largest absolute Gasteiger partial charge is 0.481 e. The summed E-state index contributed by atoms with van der Waals surface area (Å²) in [5.41, 5.74) is 5.58. The van der Waals surface area contributed by atoms with E-state index in [9.17, 15) is 14.7 Å². The Morgan fingerprint density at radius 1 is 0.933 bits per heavy atom. The number of carboxylic acids is 1. The van der Waals surface area contributed by atoms with Crippen molar-refractivity contribution in [3.05, 3.63) is 112 Å². The molecular weight excluding hydrogens is 617 g/mol. The molecule has 0 bridgehead atoms. The van der Waals surface area contributed by atoms with E-state index in [-0.39, 0.29) is 48.6 Å². The Morgan fingerprint density at radius 3 is 2.33 bits per heavy atom. The number of aliphatic carboxylic acids is 1. The molecule has 4 aromatic rings. The fraction of sp³-hybridized carbons (Fsp3) is 0.324. The van der Waals surface area contributed by atoms with Crippen molar-refractivity contribution < 1.29 is 29.3 Å². The summed E-state index contributed by atoms with van der Waals surface area (Å²) in [6.07, 6.45) is 0.856. The Balaban J connectivity index is 1.31. The standard InChI is InChI=1S/C34H35Cl2N3O6/c1-21-28(18-39-20-38-32(35)33(39)36)44-34(45-31(21)25-10-8-22(19-40)9-11-25)26-14-12-24(13-15-26)27-5-2-4-23(16-27)17-37-29(41)6-3-7-30(42)43/h2,4-5,8-16,20-21,28,31,34,40H,3,6-7,17-19H2,1H3,(H,37,41)(H,42,43). The van der Waals surface area contributed by atoms with Gasteiger partial charge in [0.25, 0.3) is 0 Å². The Labute approximate surface area is 271 Å². The number of nitrogens with zero attached hydrogens (tertiary/aromatic N) is 2. The Morgan fingerprint density at radius 2 is 1.67 bits per heavy atom. The van der Waals surface area contributed by atoms with E-state index in [1.54, 1.807) is 10.9 Å². The van der Waals surface area contributed by atoms with Gasteiger partial charge in [0.05, 0.1) is 31.7 Å². The molecule has 3 N–H and O–H groups in total. The van der Waals surface area contributed by atoms with Crippen LogP contribution >= 0.6 is 23.2 Å². The summed E-state index contributed by atoms with van der Waals surface area (Å²) in [6, 6.07) is 23.6. The first kappa shape index (κ1) is 32.7. The molecular formula is C34H35Cl2N3O6. The normalized spacial score (nSPS) is 19.7. The second-order valence-corrected chi connectivity index (χ2v) is 11.9.